The predicted octanol–water partition coefficient (Wildman–Crippen LogP) is 2.18. The first kappa shape index (κ1) is 23.4. The van der Waals surface area contributed by atoms with Gasteiger partial charge in [0.25, 0.3) is 11.9 Å². The fraction of sp³-hybridized carbons (Fsp3) is 0.190. The highest BCUT2D eigenvalue weighted by Crippen LogP contribution is 2.25. The number of carboxylic acids is 2. The van der Waals surface area contributed by atoms with Crippen molar-refractivity contribution >= 4 is 34.1 Å². The number of aliphatic carboxylic acids is 2. The van der Waals surface area contributed by atoms with E-state index in [0.717, 1.165) is 30.6 Å². The number of aromatic nitrogens is 4. The summed E-state index contributed by atoms with van der Waals surface area (Å²) < 4.78 is 1.64. The van der Waals surface area contributed by atoms with E-state index in [0.29, 0.717) is 16.9 Å². The average molecular weight is 426 g/mol. The molecule has 4 N–H and O–H groups in total. The Hall–Kier alpha value is -3.89. The SMILES string of the molecule is CC(=O)O.CC(=O)O.OCC(O)c1nn(-c2ccccc2)c2nc3ccccc3nc12. The number of aliphatic hydroxyl groups excluding tert-OH is 2. The summed E-state index contributed by atoms with van der Waals surface area (Å²) in [4.78, 5) is 27.2. The predicted molar refractivity (Wildman–Crippen MR) is 113 cm³/mol. The summed E-state index contributed by atoms with van der Waals surface area (Å²) in [5.41, 5.74) is 3.66. The van der Waals surface area contributed by atoms with Gasteiger partial charge in [-0.15, -0.1) is 0 Å². The normalized spacial score (nSPS) is 11.1. The van der Waals surface area contributed by atoms with E-state index in [1.807, 2.05) is 54.6 Å². The van der Waals surface area contributed by atoms with Crippen molar-refractivity contribution in [2.24, 2.45) is 0 Å². The van der Waals surface area contributed by atoms with Crippen LogP contribution in [-0.4, -0.2) is 58.7 Å². The van der Waals surface area contributed by atoms with E-state index >= 15 is 0 Å². The van der Waals surface area contributed by atoms with Crippen LogP contribution in [-0.2, 0) is 9.59 Å². The van der Waals surface area contributed by atoms with Crippen LogP contribution in [0, 0.1) is 0 Å². The molecule has 0 aliphatic carbocycles. The smallest absolute Gasteiger partial charge is 0.300 e. The summed E-state index contributed by atoms with van der Waals surface area (Å²) in [6, 6.07) is 17.0. The van der Waals surface area contributed by atoms with Gasteiger partial charge in [-0.1, -0.05) is 30.3 Å². The monoisotopic (exact) mass is 426 g/mol. The van der Waals surface area contributed by atoms with Crippen molar-refractivity contribution in [3.63, 3.8) is 0 Å². The maximum Gasteiger partial charge on any atom is 0.300 e. The quantitative estimate of drug-likeness (QED) is 0.385. The Morgan fingerprint density at radius 1 is 0.903 bits per heavy atom. The first-order valence-electron chi connectivity index (χ1n) is 9.13. The Bertz CT molecular complexity index is 1160. The molecular formula is C21H22N4O6. The zero-order valence-electron chi connectivity index (χ0n) is 16.9. The Labute approximate surface area is 177 Å². The van der Waals surface area contributed by atoms with Gasteiger partial charge in [0, 0.05) is 13.8 Å². The van der Waals surface area contributed by atoms with E-state index in [2.05, 4.69) is 15.1 Å². The Morgan fingerprint density at radius 3 is 1.90 bits per heavy atom. The van der Waals surface area contributed by atoms with Gasteiger partial charge in [-0.05, 0) is 24.3 Å². The van der Waals surface area contributed by atoms with E-state index in [9.17, 15) is 10.2 Å². The summed E-state index contributed by atoms with van der Waals surface area (Å²) >= 11 is 0. The maximum absolute atomic E-state index is 10.1. The third-order valence-electron chi connectivity index (χ3n) is 3.69. The fourth-order valence-electron chi connectivity index (χ4n) is 2.57. The van der Waals surface area contributed by atoms with Gasteiger partial charge < -0.3 is 20.4 Å². The molecule has 0 saturated carbocycles. The van der Waals surface area contributed by atoms with Gasteiger partial charge in [0.2, 0.25) is 0 Å². The number of carboxylic acid groups (broad SMARTS) is 2. The molecule has 0 saturated heterocycles. The summed E-state index contributed by atoms with van der Waals surface area (Å²) in [7, 11) is 0. The van der Waals surface area contributed by atoms with Crippen LogP contribution < -0.4 is 0 Å². The molecular weight excluding hydrogens is 404 g/mol. The van der Waals surface area contributed by atoms with Gasteiger partial charge in [0.05, 0.1) is 23.3 Å². The van der Waals surface area contributed by atoms with Gasteiger partial charge in [-0.2, -0.15) is 5.10 Å². The van der Waals surface area contributed by atoms with Crippen LogP contribution in [0.4, 0.5) is 0 Å². The van der Waals surface area contributed by atoms with Crippen LogP contribution in [0.5, 0.6) is 0 Å². The standard InChI is InChI=1S/C17H14N4O2.2C2H4O2/c22-10-14(23)15-16-17(19-13-9-5-4-8-12(13)18-16)21(20-15)11-6-2-1-3-7-11;2*1-2(3)4/h1-9,14,22-23H,10H2;2*1H3,(H,3,4). The molecule has 0 aliphatic heterocycles. The lowest BCUT2D eigenvalue weighted by molar-refractivity contribution is -0.135. The lowest BCUT2D eigenvalue weighted by atomic mass is 10.2. The zero-order valence-corrected chi connectivity index (χ0v) is 16.9. The lowest BCUT2D eigenvalue weighted by Crippen LogP contribution is -2.05. The second kappa shape index (κ2) is 10.8. The van der Waals surface area contributed by atoms with Crippen molar-refractivity contribution in [2.75, 3.05) is 6.61 Å². The Kier molecular flexibility index (Phi) is 8.12. The number of carbonyl (C=O) groups is 2. The molecule has 2 heterocycles. The van der Waals surface area contributed by atoms with Crippen LogP contribution in [0.15, 0.2) is 54.6 Å². The highest BCUT2D eigenvalue weighted by atomic mass is 16.4. The van der Waals surface area contributed by atoms with Crippen molar-refractivity contribution < 1.29 is 30.0 Å². The average Bonchev–Trinajstić information content (AvgIpc) is 3.10. The van der Waals surface area contributed by atoms with Gasteiger partial charge in [-0.3, -0.25) is 9.59 Å². The van der Waals surface area contributed by atoms with Crippen molar-refractivity contribution in [1.82, 2.24) is 19.7 Å². The number of hydrogen-bond acceptors (Lipinski definition) is 7. The molecule has 0 amide bonds. The van der Waals surface area contributed by atoms with Crippen molar-refractivity contribution in [3.05, 3.63) is 60.3 Å². The summed E-state index contributed by atoms with van der Waals surface area (Å²) in [6.45, 7) is 1.75. The second-order valence-electron chi connectivity index (χ2n) is 6.25. The van der Waals surface area contributed by atoms with Crippen molar-refractivity contribution in [1.29, 1.82) is 0 Å². The van der Waals surface area contributed by atoms with Crippen LogP contribution in [0.2, 0.25) is 0 Å². The third-order valence-corrected chi connectivity index (χ3v) is 3.69. The van der Waals surface area contributed by atoms with Crippen molar-refractivity contribution in [2.45, 2.75) is 20.0 Å². The topological polar surface area (TPSA) is 159 Å². The summed E-state index contributed by atoms with van der Waals surface area (Å²) in [5, 5.41) is 38.6. The van der Waals surface area contributed by atoms with E-state index in [1.165, 1.54) is 0 Å². The molecule has 162 valence electrons. The number of para-hydroxylation sites is 3. The zero-order chi connectivity index (χ0) is 23.0. The minimum atomic E-state index is -1.10. The molecule has 4 rings (SSSR count). The van der Waals surface area contributed by atoms with Gasteiger partial charge in [0.15, 0.2) is 5.65 Å². The molecule has 1 unspecified atom stereocenters. The Balaban J connectivity index is 0.000000370. The van der Waals surface area contributed by atoms with Gasteiger partial charge >= 0.3 is 0 Å². The summed E-state index contributed by atoms with van der Waals surface area (Å²) in [5.74, 6) is -1.67. The van der Waals surface area contributed by atoms with Crippen LogP contribution in [0.1, 0.15) is 25.6 Å². The first-order chi connectivity index (χ1) is 14.7. The number of benzene rings is 2. The molecule has 0 radical (unpaired) electrons. The highest BCUT2D eigenvalue weighted by molar-refractivity contribution is 5.86. The van der Waals surface area contributed by atoms with Gasteiger partial charge in [-0.25, -0.2) is 14.6 Å². The van der Waals surface area contributed by atoms with E-state index in [1.54, 1.807) is 4.68 Å². The van der Waals surface area contributed by atoms with Crippen LogP contribution in [0.3, 0.4) is 0 Å². The maximum atomic E-state index is 10.1. The van der Waals surface area contributed by atoms with Crippen LogP contribution in [0.25, 0.3) is 27.9 Å². The molecule has 31 heavy (non-hydrogen) atoms. The number of nitrogens with zero attached hydrogens (tertiary/aromatic N) is 4. The third kappa shape index (κ3) is 6.29. The van der Waals surface area contributed by atoms with E-state index in [4.69, 9.17) is 19.8 Å². The van der Waals surface area contributed by atoms with Crippen LogP contribution >= 0.6 is 0 Å². The van der Waals surface area contributed by atoms with E-state index in [-0.39, 0.29) is 0 Å². The minimum absolute atomic E-state index is 0.324. The molecule has 10 heteroatoms. The number of aliphatic hydroxyl groups is 2. The molecule has 4 aromatic rings. The number of fused-ring (bicyclic) bond motifs is 2. The number of hydrogen-bond donors (Lipinski definition) is 4. The molecule has 0 aliphatic rings. The summed E-state index contributed by atoms with van der Waals surface area (Å²) in [6.07, 6.45) is -1.10. The molecule has 2 aromatic carbocycles. The first-order valence-corrected chi connectivity index (χ1v) is 9.13. The molecule has 1 atom stereocenters. The fourth-order valence-corrected chi connectivity index (χ4v) is 2.57. The molecule has 0 fully saturated rings. The molecule has 2 aromatic heterocycles. The molecule has 0 spiro atoms. The second-order valence-corrected chi connectivity index (χ2v) is 6.25. The molecule has 10 nitrogen and oxygen atoms in total. The number of rotatable bonds is 3. The highest BCUT2D eigenvalue weighted by Gasteiger charge is 2.21. The Morgan fingerprint density at radius 2 is 1.39 bits per heavy atom. The van der Waals surface area contributed by atoms with Gasteiger partial charge in [0.1, 0.15) is 17.3 Å². The minimum Gasteiger partial charge on any atom is -0.481 e. The largest absolute Gasteiger partial charge is 0.481 e. The molecule has 0 bridgehead atoms. The lowest BCUT2D eigenvalue weighted by Gasteiger charge is -2.02. The van der Waals surface area contributed by atoms with E-state index < -0.39 is 24.6 Å². The van der Waals surface area contributed by atoms with Crippen molar-refractivity contribution in [3.8, 4) is 5.69 Å².